The molecule has 5 nitrogen and oxygen atoms in total. The summed E-state index contributed by atoms with van der Waals surface area (Å²) in [5, 5.41) is 1.04. The van der Waals surface area contributed by atoms with E-state index in [2.05, 4.69) is 15.0 Å². The van der Waals surface area contributed by atoms with Gasteiger partial charge in [-0.3, -0.25) is 0 Å². The van der Waals surface area contributed by atoms with E-state index in [9.17, 15) is 0 Å². The van der Waals surface area contributed by atoms with Crippen LogP contribution in [0.15, 0.2) is 36.7 Å². The molecule has 0 aliphatic carbocycles. The van der Waals surface area contributed by atoms with E-state index < -0.39 is 0 Å². The van der Waals surface area contributed by atoms with Gasteiger partial charge in [0, 0.05) is 23.3 Å². The van der Waals surface area contributed by atoms with E-state index in [0.29, 0.717) is 11.6 Å². The van der Waals surface area contributed by atoms with Gasteiger partial charge in [-0.2, -0.15) is 0 Å². The van der Waals surface area contributed by atoms with Crippen molar-refractivity contribution in [3.05, 3.63) is 36.7 Å². The molecule has 0 spiro atoms. The van der Waals surface area contributed by atoms with Crippen LogP contribution in [0.5, 0.6) is 0 Å². The molecule has 0 unspecified atom stereocenters. The fourth-order valence-corrected chi connectivity index (χ4v) is 1.92. The maximum absolute atomic E-state index is 5.69. The molecule has 3 aromatic heterocycles. The van der Waals surface area contributed by atoms with Crippen LogP contribution >= 0.6 is 0 Å². The number of H-pyrrole nitrogens is 1. The van der Waals surface area contributed by atoms with Crippen molar-refractivity contribution in [1.29, 1.82) is 0 Å². The second kappa shape index (κ2) is 3.48. The van der Waals surface area contributed by atoms with Crippen LogP contribution in [0.1, 0.15) is 0 Å². The third-order valence-electron chi connectivity index (χ3n) is 2.63. The van der Waals surface area contributed by atoms with Crippen molar-refractivity contribution in [2.45, 2.75) is 0 Å². The summed E-state index contributed by atoms with van der Waals surface area (Å²) < 4.78 is 0. The minimum Gasteiger partial charge on any atom is -0.384 e. The maximum Gasteiger partial charge on any atom is 0.137 e. The molecule has 0 atom stereocenters. The largest absolute Gasteiger partial charge is 0.384 e. The first-order chi connectivity index (χ1) is 8.24. The number of nitrogen functional groups attached to an aromatic ring is 2. The molecular weight excluding hydrogens is 214 g/mol. The zero-order valence-electron chi connectivity index (χ0n) is 9.01. The van der Waals surface area contributed by atoms with E-state index in [0.717, 1.165) is 22.2 Å². The van der Waals surface area contributed by atoms with Crippen LogP contribution in [-0.2, 0) is 0 Å². The normalized spacial score (nSPS) is 10.8. The van der Waals surface area contributed by atoms with Crippen molar-refractivity contribution in [3.63, 3.8) is 0 Å². The average Bonchev–Trinajstić information content (AvgIpc) is 2.71. The lowest BCUT2D eigenvalue weighted by molar-refractivity contribution is 1.32. The first-order valence-electron chi connectivity index (χ1n) is 5.19. The Morgan fingerprint density at radius 3 is 2.65 bits per heavy atom. The van der Waals surface area contributed by atoms with Gasteiger partial charge >= 0.3 is 0 Å². The minimum absolute atomic E-state index is 0.415. The number of aromatic nitrogens is 3. The molecule has 17 heavy (non-hydrogen) atoms. The number of hydrogen-bond acceptors (Lipinski definition) is 4. The molecule has 3 heterocycles. The summed E-state index contributed by atoms with van der Waals surface area (Å²) in [4.78, 5) is 11.3. The van der Waals surface area contributed by atoms with Gasteiger partial charge in [-0.25, -0.2) is 9.97 Å². The summed E-state index contributed by atoms with van der Waals surface area (Å²) in [7, 11) is 0. The number of rotatable bonds is 1. The molecule has 84 valence electrons. The van der Waals surface area contributed by atoms with E-state index in [-0.39, 0.29) is 0 Å². The Labute approximate surface area is 97.5 Å². The third kappa shape index (κ3) is 1.57. The predicted molar refractivity (Wildman–Crippen MR) is 68.1 cm³/mol. The van der Waals surface area contributed by atoms with Crippen molar-refractivity contribution in [2.24, 2.45) is 0 Å². The predicted octanol–water partition coefficient (Wildman–Crippen LogP) is 1.79. The summed E-state index contributed by atoms with van der Waals surface area (Å²) in [6.45, 7) is 0. The second-order valence-corrected chi connectivity index (χ2v) is 3.81. The quantitative estimate of drug-likeness (QED) is 0.588. The fourth-order valence-electron chi connectivity index (χ4n) is 1.92. The Bertz CT molecular complexity index is 666. The molecule has 5 N–H and O–H groups in total. The number of anilines is 2. The Morgan fingerprint density at radius 1 is 1.12 bits per heavy atom. The molecule has 0 aliphatic heterocycles. The first-order valence-corrected chi connectivity index (χ1v) is 5.19. The average molecular weight is 225 g/mol. The van der Waals surface area contributed by atoms with Crippen LogP contribution in [0.2, 0.25) is 0 Å². The number of hydrogen-bond donors (Lipinski definition) is 3. The Hall–Kier alpha value is -2.56. The van der Waals surface area contributed by atoms with Crippen LogP contribution in [0.3, 0.4) is 0 Å². The standard InChI is InChI=1S/C12H11N5/c13-10-4-7(5-11(14)17-10)9-6-16-12-8(9)2-1-3-15-12/h1-6H,(H,15,16)(H4,13,14,17). The lowest BCUT2D eigenvalue weighted by Crippen LogP contribution is -1.96. The van der Waals surface area contributed by atoms with Gasteiger partial charge in [-0.05, 0) is 29.8 Å². The highest BCUT2D eigenvalue weighted by Gasteiger charge is 2.07. The van der Waals surface area contributed by atoms with Gasteiger partial charge in [0.15, 0.2) is 0 Å². The highest BCUT2D eigenvalue weighted by atomic mass is 14.9. The van der Waals surface area contributed by atoms with Gasteiger partial charge in [-0.1, -0.05) is 0 Å². The molecule has 0 aromatic carbocycles. The summed E-state index contributed by atoms with van der Waals surface area (Å²) in [5.74, 6) is 0.830. The van der Waals surface area contributed by atoms with Gasteiger partial charge < -0.3 is 16.5 Å². The summed E-state index contributed by atoms with van der Waals surface area (Å²) in [5.41, 5.74) is 14.2. The molecule has 3 rings (SSSR count). The fraction of sp³-hybridized carbons (Fsp3) is 0. The molecule has 0 bridgehead atoms. The van der Waals surface area contributed by atoms with Gasteiger partial charge in [-0.15, -0.1) is 0 Å². The number of fused-ring (bicyclic) bond motifs is 1. The number of nitrogens with two attached hydrogens (primary N) is 2. The highest BCUT2D eigenvalue weighted by Crippen LogP contribution is 2.29. The van der Waals surface area contributed by atoms with Crippen LogP contribution < -0.4 is 11.5 Å². The topological polar surface area (TPSA) is 93.6 Å². The zero-order valence-corrected chi connectivity index (χ0v) is 9.01. The molecule has 0 saturated heterocycles. The molecule has 0 aliphatic rings. The lowest BCUT2D eigenvalue weighted by atomic mass is 10.1. The van der Waals surface area contributed by atoms with E-state index in [1.165, 1.54) is 0 Å². The smallest absolute Gasteiger partial charge is 0.137 e. The Morgan fingerprint density at radius 2 is 1.88 bits per heavy atom. The van der Waals surface area contributed by atoms with E-state index in [4.69, 9.17) is 11.5 Å². The molecule has 0 amide bonds. The number of nitrogens with one attached hydrogen (secondary N) is 1. The Kier molecular flexibility index (Phi) is 1.98. The van der Waals surface area contributed by atoms with Crippen LogP contribution in [-0.4, -0.2) is 15.0 Å². The molecular formula is C12H11N5. The minimum atomic E-state index is 0.415. The summed E-state index contributed by atoms with van der Waals surface area (Å²) in [6, 6.07) is 7.49. The highest BCUT2D eigenvalue weighted by molar-refractivity contribution is 5.94. The third-order valence-corrected chi connectivity index (χ3v) is 2.63. The molecule has 5 heteroatoms. The number of nitrogens with zero attached hydrogens (tertiary/aromatic N) is 2. The summed E-state index contributed by atoms with van der Waals surface area (Å²) >= 11 is 0. The molecule has 0 fully saturated rings. The van der Waals surface area contributed by atoms with Gasteiger partial charge in [0.25, 0.3) is 0 Å². The van der Waals surface area contributed by atoms with Crippen LogP contribution in [0.25, 0.3) is 22.2 Å². The molecule has 0 saturated carbocycles. The van der Waals surface area contributed by atoms with Gasteiger partial charge in [0.2, 0.25) is 0 Å². The lowest BCUT2D eigenvalue weighted by Gasteiger charge is -2.02. The number of aromatic amines is 1. The van der Waals surface area contributed by atoms with E-state index in [1.807, 2.05) is 18.3 Å². The first kappa shape index (κ1) is 9.65. The van der Waals surface area contributed by atoms with Crippen LogP contribution in [0.4, 0.5) is 11.6 Å². The Balaban J connectivity index is 2.27. The SMILES string of the molecule is Nc1cc(-c2c[nH]c3ncccc23)cc(N)n1. The van der Waals surface area contributed by atoms with E-state index in [1.54, 1.807) is 18.3 Å². The maximum atomic E-state index is 5.69. The van der Waals surface area contributed by atoms with Crippen molar-refractivity contribution < 1.29 is 0 Å². The summed E-state index contributed by atoms with van der Waals surface area (Å²) in [6.07, 6.45) is 3.64. The van der Waals surface area contributed by atoms with Crippen LogP contribution in [0, 0.1) is 0 Å². The monoisotopic (exact) mass is 225 g/mol. The zero-order chi connectivity index (χ0) is 11.8. The van der Waals surface area contributed by atoms with E-state index >= 15 is 0 Å². The van der Waals surface area contributed by atoms with Crippen molar-refractivity contribution in [3.8, 4) is 11.1 Å². The molecule has 3 aromatic rings. The van der Waals surface area contributed by atoms with Crippen molar-refractivity contribution in [1.82, 2.24) is 15.0 Å². The molecule has 0 radical (unpaired) electrons. The second-order valence-electron chi connectivity index (χ2n) is 3.81. The van der Waals surface area contributed by atoms with Gasteiger partial charge in [0.1, 0.15) is 17.3 Å². The van der Waals surface area contributed by atoms with Crippen molar-refractivity contribution in [2.75, 3.05) is 11.5 Å². The number of pyridine rings is 2. The van der Waals surface area contributed by atoms with Crippen molar-refractivity contribution >= 4 is 22.7 Å². The van der Waals surface area contributed by atoms with Gasteiger partial charge in [0.05, 0.1) is 0 Å².